The molecule has 7 heteroatoms. The van der Waals surface area contributed by atoms with Crippen LogP contribution in [-0.2, 0) is 6.42 Å². The summed E-state index contributed by atoms with van der Waals surface area (Å²) in [6.07, 6.45) is 2.06. The molecule has 0 fully saturated rings. The normalized spacial score (nSPS) is 10.9. The molecule has 0 aliphatic heterocycles. The van der Waals surface area contributed by atoms with Crippen molar-refractivity contribution in [2.75, 3.05) is 5.73 Å². The van der Waals surface area contributed by atoms with Gasteiger partial charge in [-0.1, -0.05) is 30.4 Å². The van der Waals surface area contributed by atoms with Gasteiger partial charge in [0.15, 0.2) is 5.13 Å². The van der Waals surface area contributed by atoms with Crippen LogP contribution < -0.4 is 11.2 Å². The molecule has 1 amide bonds. The fourth-order valence-electron chi connectivity index (χ4n) is 1.55. The Balaban J connectivity index is 2.03. The molecule has 2 rings (SSSR count). The number of thiazole rings is 1. The first kappa shape index (κ1) is 14.1. The van der Waals surface area contributed by atoms with Crippen LogP contribution in [0.25, 0.3) is 0 Å². The lowest BCUT2D eigenvalue weighted by atomic mass is 10.2. The molecule has 5 nitrogen and oxygen atoms in total. The maximum absolute atomic E-state index is 12.7. The van der Waals surface area contributed by atoms with Crippen LogP contribution in [0.5, 0.6) is 0 Å². The number of nitrogens with one attached hydrogen (secondary N) is 1. The van der Waals surface area contributed by atoms with Gasteiger partial charge in [-0.2, -0.15) is 5.10 Å². The molecule has 0 aliphatic rings. The molecule has 0 radical (unpaired) electrons. The summed E-state index contributed by atoms with van der Waals surface area (Å²) < 4.78 is 12.7. The summed E-state index contributed by atoms with van der Waals surface area (Å²) >= 11 is 1.13. The van der Waals surface area contributed by atoms with E-state index >= 15 is 0 Å². The zero-order valence-electron chi connectivity index (χ0n) is 10.8. The third-order valence-electron chi connectivity index (χ3n) is 2.50. The maximum Gasteiger partial charge on any atom is 0.283 e. The third-order valence-corrected chi connectivity index (χ3v) is 3.43. The molecule has 3 N–H and O–H groups in total. The first-order chi connectivity index (χ1) is 9.60. The van der Waals surface area contributed by atoms with Gasteiger partial charge < -0.3 is 5.73 Å². The number of nitrogens with zero attached hydrogens (tertiary/aromatic N) is 2. The van der Waals surface area contributed by atoms with Gasteiger partial charge in [-0.3, -0.25) is 4.79 Å². The number of carbonyl (C=O) groups is 1. The predicted octanol–water partition coefficient (Wildman–Crippen LogP) is 2.19. The SMILES string of the molecule is CCc1nc(N)sc1C(=O)N/N=C\c1ccc(F)cc1. The number of anilines is 1. The van der Waals surface area contributed by atoms with E-state index in [1.165, 1.54) is 18.3 Å². The van der Waals surface area contributed by atoms with Crippen molar-refractivity contribution < 1.29 is 9.18 Å². The van der Waals surface area contributed by atoms with Gasteiger partial charge in [0.05, 0.1) is 11.9 Å². The smallest absolute Gasteiger partial charge is 0.283 e. The largest absolute Gasteiger partial charge is 0.375 e. The van der Waals surface area contributed by atoms with Crippen molar-refractivity contribution in [3.63, 3.8) is 0 Å². The molecule has 104 valence electrons. The van der Waals surface area contributed by atoms with Gasteiger partial charge in [0.1, 0.15) is 10.7 Å². The van der Waals surface area contributed by atoms with E-state index in [0.717, 1.165) is 11.3 Å². The average Bonchev–Trinajstić information content (AvgIpc) is 2.82. The second-order valence-corrected chi connectivity index (χ2v) is 4.96. The van der Waals surface area contributed by atoms with E-state index in [2.05, 4.69) is 15.5 Å². The Morgan fingerprint density at radius 1 is 1.50 bits per heavy atom. The second-order valence-electron chi connectivity index (χ2n) is 3.93. The lowest BCUT2D eigenvalue weighted by Crippen LogP contribution is -2.17. The Hall–Kier alpha value is -2.28. The number of halogens is 1. The summed E-state index contributed by atoms with van der Waals surface area (Å²) in [7, 11) is 0. The van der Waals surface area contributed by atoms with Gasteiger partial charge in [-0.05, 0) is 24.1 Å². The number of hydrogen-bond acceptors (Lipinski definition) is 5. The standard InChI is InChI=1S/C13H13FN4OS/c1-2-10-11(20-13(15)17-10)12(19)18-16-7-8-3-5-9(14)6-4-8/h3-7H,2H2,1H3,(H2,15,17)(H,18,19)/b16-7-. The quantitative estimate of drug-likeness (QED) is 0.669. The van der Waals surface area contributed by atoms with Crippen molar-refractivity contribution in [1.82, 2.24) is 10.4 Å². The molecule has 0 bridgehead atoms. The number of carbonyl (C=O) groups excluding carboxylic acids is 1. The molecule has 1 aromatic heterocycles. The molecule has 1 heterocycles. The summed E-state index contributed by atoms with van der Waals surface area (Å²) in [5.41, 5.74) is 9.32. The number of hydrogen-bond donors (Lipinski definition) is 2. The third kappa shape index (κ3) is 3.39. The minimum absolute atomic E-state index is 0.320. The van der Waals surface area contributed by atoms with Gasteiger partial charge >= 0.3 is 0 Å². The van der Waals surface area contributed by atoms with Crippen molar-refractivity contribution in [2.24, 2.45) is 5.10 Å². The van der Waals surface area contributed by atoms with Gasteiger partial charge in [-0.25, -0.2) is 14.8 Å². The molecule has 0 unspecified atom stereocenters. The lowest BCUT2D eigenvalue weighted by Gasteiger charge is -1.98. The van der Waals surface area contributed by atoms with E-state index in [1.54, 1.807) is 12.1 Å². The molecule has 0 spiro atoms. The summed E-state index contributed by atoms with van der Waals surface area (Å²) in [5, 5.41) is 4.18. The van der Waals surface area contributed by atoms with Crippen molar-refractivity contribution in [3.05, 3.63) is 46.2 Å². The minimum Gasteiger partial charge on any atom is -0.375 e. The summed E-state index contributed by atoms with van der Waals surface area (Å²) in [4.78, 5) is 16.4. The van der Waals surface area contributed by atoms with Crippen LogP contribution in [0.2, 0.25) is 0 Å². The lowest BCUT2D eigenvalue weighted by molar-refractivity contribution is 0.0958. The van der Waals surface area contributed by atoms with Crippen LogP contribution in [0.1, 0.15) is 27.9 Å². The molecule has 2 aromatic rings. The van der Waals surface area contributed by atoms with Gasteiger partial charge in [0.25, 0.3) is 5.91 Å². The summed E-state index contributed by atoms with van der Waals surface area (Å²) in [6.45, 7) is 1.90. The topological polar surface area (TPSA) is 80.4 Å². The van der Waals surface area contributed by atoms with Gasteiger partial charge in [-0.15, -0.1) is 0 Å². The van der Waals surface area contributed by atoms with E-state index in [9.17, 15) is 9.18 Å². The van der Waals surface area contributed by atoms with E-state index in [-0.39, 0.29) is 11.7 Å². The highest BCUT2D eigenvalue weighted by atomic mass is 32.1. The van der Waals surface area contributed by atoms with Crippen LogP contribution in [0.4, 0.5) is 9.52 Å². The van der Waals surface area contributed by atoms with Crippen molar-refractivity contribution in [1.29, 1.82) is 0 Å². The van der Waals surface area contributed by atoms with E-state index < -0.39 is 0 Å². The van der Waals surface area contributed by atoms with Gasteiger partial charge in [0.2, 0.25) is 0 Å². The number of nitrogen functional groups attached to an aromatic ring is 1. The van der Waals surface area contributed by atoms with Crippen LogP contribution in [0.3, 0.4) is 0 Å². The van der Waals surface area contributed by atoms with Crippen LogP contribution in [0, 0.1) is 5.82 Å². The molecule has 0 saturated carbocycles. The Labute approximate surface area is 119 Å². The van der Waals surface area contributed by atoms with Crippen LogP contribution in [-0.4, -0.2) is 17.1 Å². The number of aryl methyl sites for hydroxylation is 1. The van der Waals surface area contributed by atoms with Crippen LogP contribution in [0.15, 0.2) is 29.4 Å². The molecule has 1 aromatic carbocycles. The Morgan fingerprint density at radius 2 is 2.20 bits per heavy atom. The number of benzene rings is 1. The highest BCUT2D eigenvalue weighted by Gasteiger charge is 2.15. The Morgan fingerprint density at radius 3 is 2.85 bits per heavy atom. The molecular formula is C13H13FN4OS. The number of aromatic nitrogens is 1. The van der Waals surface area contributed by atoms with Crippen LogP contribution >= 0.6 is 11.3 Å². The van der Waals surface area contributed by atoms with E-state index in [4.69, 9.17) is 5.73 Å². The molecule has 0 aliphatic carbocycles. The maximum atomic E-state index is 12.7. The van der Waals surface area contributed by atoms with Gasteiger partial charge in [0, 0.05) is 0 Å². The highest BCUT2D eigenvalue weighted by Crippen LogP contribution is 2.20. The number of amides is 1. The molecule has 0 atom stereocenters. The first-order valence-corrected chi connectivity index (χ1v) is 6.76. The number of hydrazone groups is 1. The van der Waals surface area contributed by atoms with E-state index in [0.29, 0.717) is 27.7 Å². The number of nitrogens with two attached hydrogens (primary N) is 1. The molecular weight excluding hydrogens is 279 g/mol. The fourth-order valence-corrected chi connectivity index (χ4v) is 2.36. The second kappa shape index (κ2) is 6.25. The monoisotopic (exact) mass is 292 g/mol. The van der Waals surface area contributed by atoms with Crippen molar-refractivity contribution in [2.45, 2.75) is 13.3 Å². The molecule has 20 heavy (non-hydrogen) atoms. The van der Waals surface area contributed by atoms with Crippen molar-refractivity contribution >= 4 is 28.6 Å². The Kier molecular flexibility index (Phi) is 4.41. The van der Waals surface area contributed by atoms with Crippen molar-refractivity contribution in [3.8, 4) is 0 Å². The average molecular weight is 292 g/mol. The first-order valence-electron chi connectivity index (χ1n) is 5.94. The highest BCUT2D eigenvalue weighted by molar-refractivity contribution is 7.17. The summed E-state index contributed by atoms with van der Waals surface area (Å²) in [5.74, 6) is -0.673. The Bertz CT molecular complexity index is 636. The molecule has 0 saturated heterocycles. The number of rotatable bonds is 4. The zero-order chi connectivity index (χ0) is 14.5. The summed E-state index contributed by atoms with van der Waals surface area (Å²) in [6, 6.07) is 5.77. The minimum atomic E-state index is -0.352. The zero-order valence-corrected chi connectivity index (χ0v) is 11.6. The van der Waals surface area contributed by atoms with E-state index in [1.807, 2.05) is 6.92 Å². The predicted molar refractivity (Wildman–Crippen MR) is 77.4 cm³/mol. The fraction of sp³-hybridized carbons (Fsp3) is 0.154.